The van der Waals surface area contributed by atoms with Crippen LogP contribution < -0.4 is 15.8 Å². The molecule has 1 fully saturated rings. The molecule has 184 valence electrons. The van der Waals surface area contributed by atoms with Crippen molar-refractivity contribution in [3.05, 3.63) is 44.3 Å². The van der Waals surface area contributed by atoms with Crippen LogP contribution in [0.25, 0.3) is 17.0 Å². The third-order valence-electron chi connectivity index (χ3n) is 7.40. The lowest BCUT2D eigenvalue weighted by atomic mass is 9.88. The van der Waals surface area contributed by atoms with Crippen LogP contribution in [-0.2, 0) is 22.4 Å². The molecule has 0 bridgehead atoms. The number of rotatable bonds is 6. The van der Waals surface area contributed by atoms with E-state index < -0.39 is 23.5 Å². The Hall–Kier alpha value is -3.42. The first kappa shape index (κ1) is 23.3. The van der Waals surface area contributed by atoms with Gasteiger partial charge >= 0.3 is 11.7 Å². The lowest BCUT2D eigenvalue weighted by molar-refractivity contribution is -0.130. The van der Waals surface area contributed by atoms with Gasteiger partial charge in [-0.2, -0.15) is 0 Å². The summed E-state index contributed by atoms with van der Waals surface area (Å²) in [6, 6.07) is 1.38. The number of carbonyl (C=O) groups excluding carboxylic acids is 3. The molecule has 1 aromatic carbocycles. The van der Waals surface area contributed by atoms with Crippen LogP contribution in [0.15, 0.2) is 20.9 Å². The number of nitrogens with one attached hydrogen (secondary N) is 1. The molecule has 3 aliphatic heterocycles. The second-order valence-electron chi connectivity index (χ2n) is 9.70. The van der Waals surface area contributed by atoms with Crippen LogP contribution in [0.3, 0.4) is 0 Å². The molecule has 4 amide bonds. The van der Waals surface area contributed by atoms with Gasteiger partial charge in [-0.05, 0) is 62.3 Å². The summed E-state index contributed by atoms with van der Waals surface area (Å²) in [6.07, 6.45) is 8.80. The predicted octanol–water partition coefficient (Wildman–Crippen LogP) is 3.84. The van der Waals surface area contributed by atoms with Gasteiger partial charge in [-0.25, -0.2) is 9.59 Å². The second-order valence-corrected chi connectivity index (χ2v) is 9.70. The Balaban J connectivity index is 1.56. The first-order valence-electron chi connectivity index (χ1n) is 12.7. The molecule has 0 radical (unpaired) electrons. The van der Waals surface area contributed by atoms with Gasteiger partial charge in [0.15, 0.2) is 0 Å². The maximum Gasteiger partial charge on any atom is 0.343 e. The van der Waals surface area contributed by atoms with Crippen LogP contribution in [0.4, 0.5) is 10.5 Å². The van der Waals surface area contributed by atoms with Crippen LogP contribution in [0.1, 0.15) is 67.7 Å². The summed E-state index contributed by atoms with van der Waals surface area (Å²) in [5.74, 6) is -1.47. The van der Waals surface area contributed by atoms with Crippen molar-refractivity contribution in [1.29, 1.82) is 0 Å². The molecule has 0 saturated carbocycles. The normalized spacial score (nSPS) is 18.9. The number of carbonyl (C=O) groups is 3. The van der Waals surface area contributed by atoms with E-state index in [-0.39, 0.29) is 17.7 Å². The van der Waals surface area contributed by atoms with Gasteiger partial charge in [0.1, 0.15) is 11.2 Å². The fourth-order valence-electron chi connectivity index (χ4n) is 5.58. The number of nitrogens with zero attached hydrogens (tertiary/aromatic N) is 2. The molecule has 0 atom stereocenters. The molecule has 0 aliphatic carbocycles. The minimum Gasteiger partial charge on any atom is -0.422 e. The zero-order valence-corrected chi connectivity index (χ0v) is 20.4. The van der Waals surface area contributed by atoms with Gasteiger partial charge < -0.3 is 9.32 Å². The predicted molar refractivity (Wildman–Crippen MR) is 133 cm³/mol. The number of amides is 4. The molecule has 0 spiro atoms. The van der Waals surface area contributed by atoms with E-state index in [4.69, 9.17) is 4.42 Å². The molecular formula is C27H31N3O5. The largest absolute Gasteiger partial charge is 0.422 e. The fraction of sp³-hybridized carbons (Fsp3) is 0.481. The summed E-state index contributed by atoms with van der Waals surface area (Å²) in [5, 5.41) is 3.08. The Kier molecular flexibility index (Phi) is 6.21. The van der Waals surface area contributed by atoms with E-state index in [1.807, 2.05) is 6.92 Å². The number of hydrogen-bond acceptors (Lipinski definition) is 6. The fourth-order valence-corrected chi connectivity index (χ4v) is 5.58. The molecule has 3 aliphatic rings. The lowest BCUT2D eigenvalue weighted by Crippen LogP contribution is -2.54. The Morgan fingerprint density at radius 2 is 1.83 bits per heavy atom. The van der Waals surface area contributed by atoms with Crippen molar-refractivity contribution in [2.75, 3.05) is 24.5 Å². The number of hydrogen-bond donors (Lipinski definition) is 1. The third kappa shape index (κ3) is 4.05. The van der Waals surface area contributed by atoms with Crippen molar-refractivity contribution in [2.24, 2.45) is 0 Å². The van der Waals surface area contributed by atoms with Crippen LogP contribution in [0, 0.1) is 6.92 Å². The molecule has 4 heterocycles. The zero-order valence-electron chi connectivity index (χ0n) is 20.4. The maximum absolute atomic E-state index is 13.1. The van der Waals surface area contributed by atoms with Gasteiger partial charge in [0.05, 0.1) is 5.56 Å². The molecule has 0 unspecified atom stereocenters. The van der Waals surface area contributed by atoms with E-state index in [2.05, 4.69) is 23.2 Å². The maximum atomic E-state index is 13.1. The number of unbranched alkanes of at least 4 members (excludes halogenated alkanes) is 3. The van der Waals surface area contributed by atoms with E-state index in [1.54, 1.807) is 0 Å². The van der Waals surface area contributed by atoms with Gasteiger partial charge in [-0.3, -0.25) is 19.8 Å². The molecule has 1 saturated heterocycles. The summed E-state index contributed by atoms with van der Waals surface area (Å²) in [6.45, 7) is 6.17. The zero-order chi connectivity index (χ0) is 24.7. The molecule has 35 heavy (non-hydrogen) atoms. The highest BCUT2D eigenvalue weighted by atomic mass is 16.4. The van der Waals surface area contributed by atoms with Crippen molar-refractivity contribution in [1.82, 2.24) is 10.2 Å². The summed E-state index contributed by atoms with van der Waals surface area (Å²) in [5.41, 5.74) is 4.20. The average molecular weight is 478 g/mol. The van der Waals surface area contributed by atoms with Gasteiger partial charge in [-0.15, -0.1) is 0 Å². The lowest BCUT2D eigenvalue weighted by Gasteiger charge is -2.37. The first-order chi connectivity index (χ1) is 16.9. The molecule has 1 aromatic heterocycles. The highest BCUT2D eigenvalue weighted by molar-refractivity contribution is 6.31. The second kappa shape index (κ2) is 9.32. The van der Waals surface area contributed by atoms with Gasteiger partial charge in [0.2, 0.25) is 0 Å². The molecule has 5 rings (SSSR count). The van der Waals surface area contributed by atoms with Crippen molar-refractivity contribution in [3.8, 4) is 0 Å². The van der Waals surface area contributed by atoms with Crippen molar-refractivity contribution < 1.29 is 18.8 Å². The molecule has 8 heteroatoms. The number of urea groups is 1. The van der Waals surface area contributed by atoms with Crippen LogP contribution in [0.2, 0.25) is 0 Å². The number of benzene rings is 1. The van der Waals surface area contributed by atoms with E-state index in [1.165, 1.54) is 17.3 Å². The highest BCUT2D eigenvalue weighted by Crippen LogP contribution is 2.40. The third-order valence-corrected chi connectivity index (χ3v) is 7.40. The summed E-state index contributed by atoms with van der Waals surface area (Å²) in [7, 11) is 0. The number of barbiturate groups is 1. The van der Waals surface area contributed by atoms with Crippen LogP contribution in [-0.4, -0.2) is 42.4 Å². The van der Waals surface area contributed by atoms with Crippen LogP contribution in [0.5, 0.6) is 0 Å². The quantitative estimate of drug-likeness (QED) is 0.294. The topological polar surface area (TPSA) is 99.9 Å². The summed E-state index contributed by atoms with van der Waals surface area (Å²) < 4.78 is 5.85. The van der Waals surface area contributed by atoms with Crippen molar-refractivity contribution in [2.45, 2.75) is 65.2 Å². The number of imide groups is 2. The van der Waals surface area contributed by atoms with E-state index in [0.717, 1.165) is 73.9 Å². The molecule has 1 N–H and O–H groups in total. The minimum absolute atomic E-state index is 0.173. The molecule has 2 aromatic rings. The SMILES string of the molecule is CCCCCCN1C(=O)NC(=O)C(=Cc2c(C)c3cc4c5c(c3oc2=O)CCCN5CCC4)C1=O. The van der Waals surface area contributed by atoms with Gasteiger partial charge in [-0.1, -0.05) is 26.2 Å². The number of anilines is 1. The van der Waals surface area contributed by atoms with Crippen molar-refractivity contribution in [3.63, 3.8) is 0 Å². The number of fused-ring (bicyclic) bond motifs is 2. The standard InChI is InChI=1S/C27H31N3O5/c1-3-4-5-6-13-30-25(32)21(24(31)28-27(30)34)15-20-16(2)19-14-17-9-7-11-29-12-8-10-18(22(17)29)23(19)35-26(20)33/h14-15H,3-13H2,1-2H3,(H,28,31,34). The number of aryl methyl sites for hydroxylation is 3. The Labute approximate surface area is 203 Å². The minimum atomic E-state index is -0.792. The molecule has 8 nitrogen and oxygen atoms in total. The summed E-state index contributed by atoms with van der Waals surface area (Å²) in [4.78, 5) is 54.5. The van der Waals surface area contributed by atoms with Crippen molar-refractivity contribution >= 4 is 40.6 Å². The monoisotopic (exact) mass is 477 g/mol. The van der Waals surface area contributed by atoms with Gasteiger partial charge in [0.25, 0.3) is 11.8 Å². The first-order valence-corrected chi connectivity index (χ1v) is 12.7. The Bertz CT molecular complexity index is 1320. The van der Waals surface area contributed by atoms with E-state index in [9.17, 15) is 19.2 Å². The summed E-state index contributed by atoms with van der Waals surface area (Å²) >= 11 is 0. The highest BCUT2D eigenvalue weighted by Gasteiger charge is 2.36. The van der Waals surface area contributed by atoms with Crippen LogP contribution >= 0.6 is 0 Å². The molecular weight excluding hydrogens is 446 g/mol. The van der Waals surface area contributed by atoms with E-state index >= 15 is 0 Å². The van der Waals surface area contributed by atoms with Gasteiger partial charge in [0, 0.05) is 36.3 Å². The van der Waals surface area contributed by atoms with E-state index in [0.29, 0.717) is 17.6 Å². The smallest absolute Gasteiger partial charge is 0.343 e. The Morgan fingerprint density at radius 3 is 2.60 bits per heavy atom. The average Bonchev–Trinajstić information content (AvgIpc) is 2.84. The Morgan fingerprint density at radius 1 is 1.06 bits per heavy atom.